The summed E-state index contributed by atoms with van der Waals surface area (Å²) in [7, 11) is 1.73. The van der Waals surface area contributed by atoms with Gasteiger partial charge in [0.15, 0.2) is 0 Å². The monoisotopic (exact) mass is 490 g/mol. The first-order valence-corrected chi connectivity index (χ1v) is 11.0. The molecule has 1 aliphatic carbocycles. The van der Waals surface area contributed by atoms with Crippen LogP contribution in [0.5, 0.6) is 0 Å². The van der Waals surface area contributed by atoms with Crippen molar-refractivity contribution in [1.29, 1.82) is 0 Å². The molecule has 2 amide bonds. The zero-order valence-electron chi connectivity index (χ0n) is 18.8. The van der Waals surface area contributed by atoms with E-state index in [4.69, 9.17) is 11.6 Å². The lowest BCUT2D eigenvalue weighted by atomic mass is 10.1. The third-order valence-corrected chi connectivity index (χ3v) is 5.99. The molecule has 1 aromatic carbocycles. The van der Waals surface area contributed by atoms with Crippen LogP contribution in [0.4, 0.5) is 20.2 Å². The summed E-state index contributed by atoms with van der Waals surface area (Å²) < 4.78 is 27.8. The summed E-state index contributed by atoms with van der Waals surface area (Å²) >= 11 is 5.65. The Morgan fingerprint density at radius 1 is 1.24 bits per heavy atom. The number of anilines is 2. The van der Waals surface area contributed by atoms with Crippen LogP contribution in [0.3, 0.4) is 0 Å². The Kier molecular flexibility index (Phi) is 8.22. The smallest absolute Gasteiger partial charge is 0.313 e. The van der Waals surface area contributed by atoms with Gasteiger partial charge in [-0.25, -0.2) is 8.78 Å². The molecular weight excluding hydrogens is 466 g/mol. The van der Waals surface area contributed by atoms with Crippen LogP contribution in [0.2, 0.25) is 0 Å². The lowest BCUT2D eigenvalue weighted by molar-refractivity contribution is -0.146. The van der Waals surface area contributed by atoms with Crippen LogP contribution in [0.1, 0.15) is 18.9 Å². The van der Waals surface area contributed by atoms with E-state index in [1.807, 2.05) is 4.90 Å². The molecule has 3 rings (SSSR count). The molecule has 1 unspecified atom stereocenters. The number of hydrogen-bond acceptors (Lipinski definition) is 5. The second-order valence-electron chi connectivity index (χ2n) is 7.85. The van der Waals surface area contributed by atoms with Gasteiger partial charge >= 0.3 is 11.8 Å². The summed E-state index contributed by atoms with van der Waals surface area (Å²) in [4.78, 5) is 39.4. The number of carbonyl (C=O) groups excluding carboxylic acids is 3. The Hall–Kier alpha value is -3.46. The molecule has 2 aliphatic rings. The minimum Gasteiger partial charge on any atom is -0.388 e. The second kappa shape index (κ2) is 11.1. The number of halogens is 3. The molecule has 0 bridgehead atoms. The molecule has 1 aromatic rings. The minimum absolute atomic E-state index is 0.167. The molecule has 1 fully saturated rings. The zero-order valence-corrected chi connectivity index (χ0v) is 19.5. The summed E-state index contributed by atoms with van der Waals surface area (Å²) in [6.07, 6.45) is 6.15. The predicted molar refractivity (Wildman–Crippen MR) is 128 cm³/mol. The van der Waals surface area contributed by atoms with Crippen LogP contribution in [0, 0.1) is 0 Å². The van der Waals surface area contributed by atoms with Gasteiger partial charge in [0, 0.05) is 56.2 Å². The van der Waals surface area contributed by atoms with E-state index in [1.165, 1.54) is 23.1 Å². The van der Waals surface area contributed by atoms with Crippen molar-refractivity contribution in [3.8, 4) is 0 Å². The largest absolute Gasteiger partial charge is 0.388 e. The third-order valence-electron chi connectivity index (χ3n) is 5.63. The summed E-state index contributed by atoms with van der Waals surface area (Å²) in [5, 5.41) is 5.03. The van der Waals surface area contributed by atoms with Gasteiger partial charge in [-0.05, 0) is 55.0 Å². The summed E-state index contributed by atoms with van der Waals surface area (Å²) in [5.41, 5.74) is 2.38. The number of nitrogens with one attached hydrogen (secondary N) is 2. The summed E-state index contributed by atoms with van der Waals surface area (Å²) in [5.74, 6) is -3.14. The average molecular weight is 491 g/mol. The van der Waals surface area contributed by atoms with Crippen molar-refractivity contribution in [3.05, 3.63) is 64.4 Å². The van der Waals surface area contributed by atoms with Gasteiger partial charge in [-0.1, -0.05) is 11.6 Å². The van der Waals surface area contributed by atoms with Gasteiger partial charge in [-0.2, -0.15) is 0 Å². The van der Waals surface area contributed by atoms with Gasteiger partial charge < -0.3 is 20.4 Å². The zero-order chi connectivity index (χ0) is 24.8. The highest BCUT2D eigenvalue weighted by molar-refractivity contribution is 6.39. The maximum Gasteiger partial charge on any atom is 0.313 e. The van der Waals surface area contributed by atoms with Crippen LogP contribution in [-0.2, 0) is 14.4 Å². The summed E-state index contributed by atoms with van der Waals surface area (Å²) in [6, 6.07) is 4.68. The average Bonchev–Trinajstić information content (AvgIpc) is 2.95. The second-order valence-corrected chi connectivity index (χ2v) is 8.23. The van der Waals surface area contributed by atoms with Crippen LogP contribution < -0.4 is 10.6 Å². The molecule has 1 saturated heterocycles. The van der Waals surface area contributed by atoms with E-state index in [9.17, 15) is 23.2 Å². The maximum atomic E-state index is 14.1. The van der Waals surface area contributed by atoms with Crippen LogP contribution in [-0.4, -0.2) is 60.6 Å². The number of allylic oxidation sites excluding steroid dienone is 6. The molecule has 1 atom stereocenters. The number of aldehydes is 1. The first-order chi connectivity index (χ1) is 16.2. The number of amides is 2. The minimum atomic E-state index is -0.847. The first kappa shape index (κ1) is 25.2. The number of rotatable bonds is 5. The third kappa shape index (κ3) is 5.72. The molecule has 2 N–H and O–H groups in total. The van der Waals surface area contributed by atoms with Crippen molar-refractivity contribution >= 4 is 47.2 Å². The number of benzene rings is 1. The van der Waals surface area contributed by atoms with Gasteiger partial charge in [0.05, 0.1) is 0 Å². The van der Waals surface area contributed by atoms with Crippen LogP contribution >= 0.6 is 11.6 Å². The fourth-order valence-corrected chi connectivity index (χ4v) is 4.00. The first-order valence-electron chi connectivity index (χ1n) is 10.7. The van der Waals surface area contributed by atoms with Crippen molar-refractivity contribution in [2.75, 3.05) is 37.3 Å². The number of piperazine rings is 1. The molecular formula is C24H25ClF2N4O3. The van der Waals surface area contributed by atoms with Gasteiger partial charge in [-0.15, -0.1) is 0 Å². The maximum absolute atomic E-state index is 14.1. The van der Waals surface area contributed by atoms with E-state index in [-0.39, 0.29) is 19.0 Å². The van der Waals surface area contributed by atoms with Crippen molar-refractivity contribution < 1.29 is 23.2 Å². The highest BCUT2D eigenvalue weighted by atomic mass is 35.5. The van der Waals surface area contributed by atoms with Crippen molar-refractivity contribution in [1.82, 2.24) is 9.80 Å². The Bertz CT molecular complexity index is 1110. The van der Waals surface area contributed by atoms with Gasteiger partial charge in [0.25, 0.3) is 0 Å². The molecule has 7 nitrogen and oxygen atoms in total. The quantitative estimate of drug-likeness (QED) is 0.371. The molecule has 10 heteroatoms. The van der Waals surface area contributed by atoms with Crippen molar-refractivity contribution in [2.24, 2.45) is 0 Å². The lowest BCUT2D eigenvalue weighted by Crippen LogP contribution is -2.55. The fourth-order valence-electron chi connectivity index (χ4n) is 3.87. The lowest BCUT2D eigenvalue weighted by Gasteiger charge is -2.41. The van der Waals surface area contributed by atoms with E-state index in [2.05, 4.69) is 10.6 Å². The highest BCUT2D eigenvalue weighted by Crippen LogP contribution is 2.30. The van der Waals surface area contributed by atoms with Crippen LogP contribution in [0.25, 0.3) is 6.08 Å². The molecule has 0 saturated carbocycles. The molecule has 1 heterocycles. The predicted octanol–water partition coefficient (Wildman–Crippen LogP) is 3.97. The number of carbonyl (C=O) groups is 3. The Labute approximate surface area is 201 Å². The molecule has 0 aromatic heterocycles. The van der Waals surface area contributed by atoms with Crippen molar-refractivity contribution in [3.63, 3.8) is 0 Å². The van der Waals surface area contributed by atoms with Gasteiger partial charge in [0.2, 0.25) is 0 Å². The molecule has 34 heavy (non-hydrogen) atoms. The van der Waals surface area contributed by atoms with Gasteiger partial charge in [-0.3, -0.25) is 14.4 Å². The fraction of sp³-hybridized carbons (Fsp3) is 0.292. The molecule has 180 valence electrons. The molecule has 0 spiro atoms. The number of nitrogens with zero attached hydrogens (tertiary/aromatic N) is 2. The van der Waals surface area contributed by atoms with Gasteiger partial charge in [0.1, 0.15) is 23.0 Å². The van der Waals surface area contributed by atoms with Crippen LogP contribution in [0.15, 0.2) is 58.8 Å². The van der Waals surface area contributed by atoms with E-state index in [0.29, 0.717) is 36.3 Å². The summed E-state index contributed by atoms with van der Waals surface area (Å²) in [6.45, 7) is 2.73. The van der Waals surface area contributed by atoms with E-state index in [0.717, 1.165) is 5.69 Å². The normalized spacial score (nSPS) is 18.9. The highest BCUT2D eigenvalue weighted by Gasteiger charge is 2.32. The number of hydrogen-bond donors (Lipinski definition) is 2. The SMILES string of the molecule is CNc1ccc(NC(=O)C(=O)N2CCN(C3=CC(F)=C(Cl)C(F)=CC3)CC2C)cc1/C=C\C=O. The Morgan fingerprint density at radius 2 is 2.00 bits per heavy atom. The van der Waals surface area contributed by atoms with E-state index in [1.54, 1.807) is 38.2 Å². The van der Waals surface area contributed by atoms with Crippen molar-refractivity contribution in [2.45, 2.75) is 19.4 Å². The Morgan fingerprint density at radius 3 is 2.68 bits per heavy atom. The topological polar surface area (TPSA) is 81.8 Å². The molecule has 0 radical (unpaired) electrons. The van der Waals surface area contributed by atoms with E-state index < -0.39 is 28.5 Å². The molecule has 1 aliphatic heterocycles. The Balaban J connectivity index is 1.66. The standard InChI is InChI=1S/C24H25ClF2N4O3/c1-15-14-30(18-6-7-19(26)22(25)20(27)13-18)9-10-31(15)24(34)23(33)29-17-5-8-21(28-2)16(12-17)4-3-11-32/h3-5,7-8,11-13,15,28H,6,9-10,14H2,1-2H3,(H,29,33)/b4-3-. The van der Waals surface area contributed by atoms with E-state index >= 15 is 0 Å².